The summed E-state index contributed by atoms with van der Waals surface area (Å²) >= 11 is 4.42. The van der Waals surface area contributed by atoms with Gasteiger partial charge in [0.25, 0.3) is 0 Å². The minimum absolute atomic E-state index is 0.256. The Morgan fingerprint density at radius 3 is 2.73 bits per heavy atom. The van der Waals surface area contributed by atoms with Crippen molar-refractivity contribution in [2.24, 2.45) is 0 Å². The minimum atomic E-state index is -3.46. The van der Waals surface area contributed by atoms with Gasteiger partial charge >= 0.3 is 0 Å². The van der Waals surface area contributed by atoms with Gasteiger partial charge in [-0.3, -0.25) is 0 Å². The number of hydrogen-bond acceptors (Lipinski definition) is 7. The molecule has 7 nitrogen and oxygen atoms in total. The molecule has 0 bridgehead atoms. The number of anilines is 2. The van der Waals surface area contributed by atoms with E-state index < -0.39 is 10.0 Å². The predicted molar refractivity (Wildman–Crippen MR) is 92.1 cm³/mol. The van der Waals surface area contributed by atoms with E-state index in [1.54, 1.807) is 18.3 Å². The molecule has 2 rings (SSSR count). The Hall–Kier alpha value is -1.23. The van der Waals surface area contributed by atoms with Crippen LogP contribution in [-0.2, 0) is 10.0 Å². The van der Waals surface area contributed by atoms with E-state index in [2.05, 4.69) is 36.2 Å². The number of halogens is 1. The number of thiophene rings is 1. The second kappa shape index (κ2) is 7.36. The molecule has 0 spiro atoms. The maximum Gasteiger partial charge on any atom is 0.250 e. The van der Waals surface area contributed by atoms with Crippen LogP contribution in [0.25, 0.3) is 0 Å². The average molecular weight is 406 g/mol. The van der Waals surface area contributed by atoms with Crippen LogP contribution in [0.1, 0.15) is 0 Å². The Morgan fingerprint density at radius 2 is 2.09 bits per heavy atom. The lowest BCUT2D eigenvalue weighted by Crippen LogP contribution is -2.28. The molecule has 0 saturated carbocycles. The van der Waals surface area contributed by atoms with Crippen LogP contribution in [0.5, 0.6) is 0 Å². The molecule has 0 unspecified atom stereocenters. The van der Waals surface area contributed by atoms with E-state index in [-0.39, 0.29) is 10.8 Å². The quantitative estimate of drug-likeness (QED) is 0.682. The van der Waals surface area contributed by atoms with Gasteiger partial charge in [-0.25, -0.2) is 13.1 Å². The summed E-state index contributed by atoms with van der Waals surface area (Å²) in [6.45, 7) is 0.670. The predicted octanol–water partition coefficient (Wildman–Crippen LogP) is 1.76. The van der Waals surface area contributed by atoms with Crippen LogP contribution in [0, 0.1) is 0 Å². The summed E-state index contributed by atoms with van der Waals surface area (Å²) in [7, 11) is 0.360. The van der Waals surface area contributed by atoms with E-state index in [1.807, 2.05) is 25.1 Å². The zero-order valence-corrected chi connectivity index (χ0v) is 15.3. The normalized spacial score (nSPS) is 11.4. The molecule has 2 heterocycles. The van der Waals surface area contributed by atoms with Crippen molar-refractivity contribution in [1.82, 2.24) is 14.9 Å². The highest BCUT2D eigenvalue weighted by Crippen LogP contribution is 2.25. The fourth-order valence-electron chi connectivity index (χ4n) is 1.58. The van der Waals surface area contributed by atoms with Gasteiger partial charge in [0.15, 0.2) is 5.82 Å². The summed E-state index contributed by atoms with van der Waals surface area (Å²) in [6, 6.07) is 5.12. The smallest absolute Gasteiger partial charge is 0.250 e. The molecule has 0 fully saturated rings. The van der Waals surface area contributed by atoms with Crippen molar-refractivity contribution in [3.8, 4) is 0 Å². The number of nitrogens with one attached hydrogen (secondary N) is 2. The second-order valence-corrected chi connectivity index (χ2v) is 9.03. The Balaban J connectivity index is 1.86. The molecule has 10 heteroatoms. The number of rotatable bonds is 7. The van der Waals surface area contributed by atoms with Gasteiger partial charge < -0.3 is 10.2 Å². The first kappa shape index (κ1) is 17.1. The van der Waals surface area contributed by atoms with Crippen LogP contribution in [0.15, 0.2) is 32.4 Å². The first-order chi connectivity index (χ1) is 10.4. The van der Waals surface area contributed by atoms with Gasteiger partial charge in [0.05, 0.1) is 15.7 Å². The maximum atomic E-state index is 12.0. The van der Waals surface area contributed by atoms with Crippen molar-refractivity contribution in [3.63, 3.8) is 0 Å². The van der Waals surface area contributed by atoms with Gasteiger partial charge in [0.2, 0.25) is 10.0 Å². The average Bonchev–Trinajstić information content (AvgIpc) is 2.91. The molecule has 0 aliphatic heterocycles. The minimum Gasteiger partial charge on any atom is -0.376 e. The van der Waals surface area contributed by atoms with Crippen molar-refractivity contribution < 1.29 is 8.42 Å². The number of hydrogen-bond donors (Lipinski definition) is 2. The van der Waals surface area contributed by atoms with Gasteiger partial charge in [-0.2, -0.15) is 5.10 Å². The van der Waals surface area contributed by atoms with Gasteiger partial charge in [-0.05, 0) is 28.1 Å². The summed E-state index contributed by atoms with van der Waals surface area (Å²) in [5.74, 6) is 0.601. The SMILES string of the molecule is CN(C)c1cnnc(NCCNS(=O)(=O)c2ccc(Br)s2)c1. The largest absolute Gasteiger partial charge is 0.376 e. The van der Waals surface area contributed by atoms with Crippen molar-refractivity contribution in [1.29, 1.82) is 0 Å². The van der Waals surface area contributed by atoms with Gasteiger partial charge in [0.1, 0.15) is 4.21 Å². The third-order valence-electron chi connectivity index (χ3n) is 2.69. The van der Waals surface area contributed by atoms with E-state index in [1.165, 1.54) is 11.3 Å². The van der Waals surface area contributed by atoms with E-state index in [9.17, 15) is 8.42 Å². The zero-order chi connectivity index (χ0) is 16.2. The molecule has 0 aliphatic carbocycles. The van der Waals surface area contributed by atoms with Crippen molar-refractivity contribution >= 4 is 48.8 Å². The highest BCUT2D eigenvalue weighted by Gasteiger charge is 2.15. The fraction of sp³-hybridized carbons (Fsp3) is 0.333. The Morgan fingerprint density at radius 1 is 1.32 bits per heavy atom. The van der Waals surface area contributed by atoms with Gasteiger partial charge in [-0.1, -0.05) is 0 Å². The van der Waals surface area contributed by atoms with Crippen LogP contribution in [0.2, 0.25) is 0 Å². The van der Waals surface area contributed by atoms with Gasteiger partial charge in [-0.15, -0.1) is 16.4 Å². The molecule has 2 N–H and O–H groups in total. The Labute approximate surface area is 141 Å². The van der Waals surface area contributed by atoms with E-state index in [4.69, 9.17) is 0 Å². The number of nitrogens with zero attached hydrogens (tertiary/aromatic N) is 3. The summed E-state index contributed by atoms with van der Waals surface area (Å²) < 4.78 is 27.6. The molecule has 22 heavy (non-hydrogen) atoms. The zero-order valence-electron chi connectivity index (χ0n) is 12.1. The molecule has 0 amide bonds. The third-order valence-corrected chi connectivity index (χ3v) is 6.27. The van der Waals surface area contributed by atoms with Crippen molar-refractivity contribution in [3.05, 3.63) is 28.2 Å². The fourth-order valence-corrected chi connectivity index (χ4v) is 4.66. The maximum absolute atomic E-state index is 12.0. The second-order valence-electron chi connectivity index (χ2n) is 4.58. The molecular formula is C12H16BrN5O2S2. The van der Waals surface area contributed by atoms with Crippen LogP contribution < -0.4 is 14.9 Å². The molecule has 0 saturated heterocycles. The molecular weight excluding hydrogens is 390 g/mol. The summed E-state index contributed by atoms with van der Waals surface area (Å²) in [5.41, 5.74) is 0.918. The summed E-state index contributed by atoms with van der Waals surface area (Å²) in [5, 5.41) is 10.9. The molecule has 0 aliphatic rings. The first-order valence-corrected chi connectivity index (χ1v) is 9.47. The molecule has 0 aromatic carbocycles. The monoisotopic (exact) mass is 405 g/mol. The highest BCUT2D eigenvalue weighted by molar-refractivity contribution is 9.11. The summed E-state index contributed by atoms with van der Waals surface area (Å²) in [4.78, 5) is 1.91. The van der Waals surface area contributed by atoms with Crippen molar-refractivity contribution in [2.75, 3.05) is 37.4 Å². The lowest BCUT2D eigenvalue weighted by molar-refractivity contribution is 0.585. The first-order valence-electron chi connectivity index (χ1n) is 6.37. The molecule has 0 atom stereocenters. The molecule has 2 aromatic rings. The topological polar surface area (TPSA) is 87.2 Å². The lowest BCUT2D eigenvalue weighted by atomic mass is 10.4. The Kier molecular flexibility index (Phi) is 5.73. The van der Waals surface area contributed by atoms with Crippen LogP contribution in [-0.4, -0.2) is 45.8 Å². The highest BCUT2D eigenvalue weighted by atomic mass is 79.9. The molecule has 2 aromatic heterocycles. The van der Waals surface area contributed by atoms with Crippen molar-refractivity contribution in [2.45, 2.75) is 4.21 Å². The molecule has 0 radical (unpaired) electrons. The van der Waals surface area contributed by atoms with Gasteiger partial charge in [0, 0.05) is 33.3 Å². The standard InChI is InChI=1S/C12H16BrN5O2S2/c1-18(2)9-7-11(17-15-8-9)14-5-6-16-22(19,20)12-4-3-10(13)21-12/h3-4,7-8,16H,5-6H2,1-2H3,(H,14,17). The van der Waals surface area contributed by atoms with Crippen LogP contribution in [0.4, 0.5) is 11.5 Å². The molecule has 120 valence electrons. The summed E-state index contributed by atoms with van der Waals surface area (Å²) in [6.07, 6.45) is 1.66. The van der Waals surface area contributed by atoms with Crippen LogP contribution >= 0.6 is 27.3 Å². The Bertz CT molecular complexity index is 733. The van der Waals surface area contributed by atoms with Crippen LogP contribution in [0.3, 0.4) is 0 Å². The van der Waals surface area contributed by atoms with E-state index >= 15 is 0 Å². The number of sulfonamides is 1. The number of aromatic nitrogens is 2. The van der Waals surface area contributed by atoms with E-state index in [0.29, 0.717) is 12.4 Å². The lowest BCUT2D eigenvalue weighted by Gasteiger charge is -2.12. The van der Waals surface area contributed by atoms with E-state index in [0.717, 1.165) is 9.47 Å². The third kappa shape index (κ3) is 4.63.